The maximum Gasteiger partial charge on any atom is 0.419 e. The Labute approximate surface area is 179 Å². The Morgan fingerprint density at radius 1 is 1.03 bits per heavy atom. The van der Waals surface area contributed by atoms with E-state index in [1.54, 1.807) is 6.07 Å². The van der Waals surface area contributed by atoms with Gasteiger partial charge >= 0.3 is 5.76 Å². The average molecular weight is 457 g/mol. The molecule has 1 aromatic heterocycles. The summed E-state index contributed by atoms with van der Waals surface area (Å²) in [6, 6.07) is 8.89. The van der Waals surface area contributed by atoms with Crippen LogP contribution in [0.25, 0.3) is 11.0 Å². The van der Waals surface area contributed by atoms with Crippen LogP contribution >= 0.6 is 23.2 Å². The molecule has 0 fully saturated rings. The number of primary amides is 1. The third-order valence-corrected chi connectivity index (χ3v) is 3.85. The number of alkyl halides is 2. The summed E-state index contributed by atoms with van der Waals surface area (Å²) in [5.74, 6) is 0.0524. The van der Waals surface area contributed by atoms with Crippen LogP contribution in [0.15, 0.2) is 50.4 Å². The van der Waals surface area contributed by atoms with Crippen molar-refractivity contribution in [2.24, 2.45) is 5.73 Å². The molecule has 3 rings (SSSR count). The SMILES string of the molecule is NC(=O)c1cc(OCCCl)ccc1O.O=c1[nH]c(=O)c2cc(OCCCl)ccc2o1. The topological polar surface area (TPSA) is 145 Å². The van der Waals surface area contributed by atoms with Crippen molar-refractivity contribution in [3.63, 3.8) is 0 Å². The first-order valence-corrected chi connectivity index (χ1v) is 9.60. The van der Waals surface area contributed by atoms with Crippen LogP contribution in [-0.2, 0) is 0 Å². The van der Waals surface area contributed by atoms with E-state index < -0.39 is 17.2 Å². The van der Waals surface area contributed by atoms with Gasteiger partial charge in [0, 0.05) is 0 Å². The zero-order valence-corrected chi connectivity index (χ0v) is 17.0. The molecule has 0 aliphatic rings. The number of ether oxygens (including phenoxy) is 2. The van der Waals surface area contributed by atoms with Gasteiger partial charge in [-0.05, 0) is 36.4 Å². The van der Waals surface area contributed by atoms with E-state index in [9.17, 15) is 19.5 Å². The molecule has 160 valence electrons. The van der Waals surface area contributed by atoms with Crippen LogP contribution in [0, 0.1) is 0 Å². The fourth-order valence-electron chi connectivity index (χ4n) is 2.27. The van der Waals surface area contributed by atoms with Crippen molar-refractivity contribution in [2.75, 3.05) is 25.0 Å². The maximum atomic E-state index is 11.4. The van der Waals surface area contributed by atoms with Crippen molar-refractivity contribution < 1.29 is 23.8 Å². The molecule has 0 saturated carbocycles. The molecule has 0 bridgehead atoms. The van der Waals surface area contributed by atoms with E-state index in [0.29, 0.717) is 36.5 Å². The van der Waals surface area contributed by atoms with Crippen LogP contribution in [0.4, 0.5) is 0 Å². The number of benzene rings is 2. The molecule has 9 nitrogen and oxygen atoms in total. The Hall–Kier alpha value is -3.17. The van der Waals surface area contributed by atoms with E-state index in [-0.39, 0.29) is 22.3 Å². The monoisotopic (exact) mass is 456 g/mol. The zero-order valence-electron chi connectivity index (χ0n) is 15.5. The molecule has 0 aliphatic carbocycles. The number of fused-ring (bicyclic) bond motifs is 1. The van der Waals surface area contributed by atoms with Crippen molar-refractivity contribution in [3.8, 4) is 17.2 Å². The number of rotatable bonds is 7. The van der Waals surface area contributed by atoms with Crippen LogP contribution in [0.5, 0.6) is 17.2 Å². The molecule has 0 spiro atoms. The summed E-state index contributed by atoms with van der Waals surface area (Å²) in [6.07, 6.45) is 0. The summed E-state index contributed by atoms with van der Waals surface area (Å²) in [4.78, 5) is 35.2. The van der Waals surface area contributed by atoms with Gasteiger partial charge in [-0.3, -0.25) is 14.6 Å². The first kappa shape index (κ1) is 23.1. The molecule has 0 unspecified atom stereocenters. The van der Waals surface area contributed by atoms with Gasteiger partial charge in [0.05, 0.1) is 22.7 Å². The van der Waals surface area contributed by atoms with E-state index in [1.807, 2.05) is 4.98 Å². The Morgan fingerprint density at radius 3 is 2.23 bits per heavy atom. The van der Waals surface area contributed by atoms with E-state index in [1.165, 1.54) is 30.3 Å². The fraction of sp³-hybridized carbons (Fsp3) is 0.211. The second kappa shape index (κ2) is 11.1. The van der Waals surface area contributed by atoms with Gasteiger partial charge in [0.1, 0.15) is 36.0 Å². The highest BCUT2D eigenvalue weighted by atomic mass is 35.5. The second-order valence-electron chi connectivity index (χ2n) is 5.62. The summed E-state index contributed by atoms with van der Waals surface area (Å²) >= 11 is 10.9. The highest BCUT2D eigenvalue weighted by molar-refractivity contribution is 6.18. The number of nitrogens with two attached hydrogens (primary N) is 1. The first-order chi connectivity index (χ1) is 14.3. The Kier molecular flexibility index (Phi) is 8.57. The number of aromatic hydroxyl groups is 1. The predicted molar refractivity (Wildman–Crippen MR) is 112 cm³/mol. The molecule has 0 radical (unpaired) electrons. The highest BCUT2D eigenvalue weighted by Crippen LogP contribution is 2.22. The fourth-order valence-corrected chi connectivity index (χ4v) is 2.42. The van der Waals surface area contributed by atoms with Crippen molar-refractivity contribution in [1.29, 1.82) is 0 Å². The predicted octanol–water partition coefficient (Wildman–Crippen LogP) is 2.21. The Balaban J connectivity index is 0.000000216. The van der Waals surface area contributed by atoms with E-state index in [0.717, 1.165) is 0 Å². The smallest absolute Gasteiger partial charge is 0.419 e. The number of nitrogens with one attached hydrogen (secondary N) is 1. The normalized spacial score (nSPS) is 10.2. The number of phenols is 1. The number of carbonyl (C=O) groups excluding carboxylic acids is 1. The molecular weight excluding hydrogens is 439 g/mol. The Morgan fingerprint density at radius 2 is 1.63 bits per heavy atom. The lowest BCUT2D eigenvalue weighted by atomic mass is 10.2. The number of hydrogen-bond donors (Lipinski definition) is 3. The minimum absolute atomic E-state index is 0.0390. The molecule has 1 heterocycles. The van der Waals surface area contributed by atoms with Crippen molar-refractivity contribution >= 4 is 40.1 Å². The van der Waals surface area contributed by atoms with Gasteiger partial charge in [-0.25, -0.2) is 4.79 Å². The average Bonchev–Trinajstić information content (AvgIpc) is 2.72. The number of amides is 1. The molecule has 4 N–H and O–H groups in total. The number of carbonyl (C=O) groups is 1. The number of hydrogen-bond acceptors (Lipinski definition) is 7. The molecule has 2 aromatic carbocycles. The largest absolute Gasteiger partial charge is 0.507 e. The van der Waals surface area contributed by atoms with Crippen LogP contribution in [0.1, 0.15) is 10.4 Å². The van der Waals surface area contributed by atoms with E-state index in [4.69, 9.17) is 42.8 Å². The first-order valence-electron chi connectivity index (χ1n) is 8.53. The highest BCUT2D eigenvalue weighted by Gasteiger charge is 2.08. The van der Waals surface area contributed by atoms with E-state index in [2.05, 4.69) is 0 Å². The molecule has 3 aromatic rings. The van der Waals surface area contributed by atoms with Gasteiger partial charge in [0.15, 0.2) is 0 Å². The van der Waals surface area contributed by atoms with Crippen molar-refractivity contribution in [3.05, 3.63) is 62.9 Å². The van der Waals surface area contributed by atoms with Gasteiger partial charge in [-0.1, -0.05) is 0 Å². The third-order valence-electron chi connectivity index (χ3n) is 3.54. The van der Waals surface area contributed by atoms with Crippen LogP contribution < -0.4 is 26.5 Å². The van der Waals surface area contributed by atoms with Gasteiger partial charge in [0.25, 0.3) is 11.5 Å². The van der Waals surface area contributed by atoms with Gasteiger partial charge in [-0.2, -0.15) is 0 Å². The van der Waals surface area contributed by atoms with Crippen molar-refractivity contribution in [2.45, 2.75) is 0 Å². The number of halogens is 2. The molecule has 30 heavy (non-hydrogen) atoms. The van der Waals surface area contributed by atoms with Gasteiger partial charge < -0.3 is 24.7 Å². The summed E-state index contributed by atoms with van der Waals surface area (Å²) in [5, 5.41) is 9.52. The zero-order chi connectivity index (χ0) is 22.1. The molecule has 11 heteroatoms. The quantitative estimate of drug-likeness (QED) is 0.461. The second-order valence-corrected chi connectivity index (χ2v) is 6.38. The lowest BCUT2D eigenvalue weighted by molar-refractivity contribution is 0.0997. The number of H-pyrrole nitrogens is 1. The lowest BCUT2D eigenvalue weighted by Crippen LogP contribution is -2.18. The number of aromatic amines is 1. The number of aromatic nitrogens is 1. The molecule has 0 atom stereocenters. The van der Waals surface area contributed by atoms with Crippen LogP contribution in [-0.4, -0.2) is 41.0 Å². The molecule has 0 saturated heterocycles. The summed E-state index contributed by atoms with van der Waals surface area (Å²) in [7, 11) is 0. The van der Waals surface area contributed by atoms with E-state index >= 15 is 0 Å². The molecular formula is C19H18Cl2N2O7. The summed E-state index contributed by atoms with van der Waals surface area (Å²) in [6.45, 7) is 0.687. The molecule has 1 amide bonds. The third kappa shape index (κ3) is 6.43. The standard InChI is InChI=1S/C10H8ClNO4.C9H10ClNO3/c11-3-4-15-6-1-2-8-7(5-6)9(13)12-10(14)16-8;10-3-4-14-6-1-2-8(12)7(5-6)9(11)13/h1-2,5H,3-4H2,(H,12,13,14);1-2,5,12H,3-4H2,(H2,11,13). The minimum atomic E-state index is -0.771. The minimum Gasteiger partial charge on any atom is -0.507 e. The van der Waals surface area contributed by atoms with Gasteiger partial charge in [-0.15, -0.1) is 23.2 Å². The van der Waals surface area contributed by atoms with Gasteiger partial charge in [0.2, 0.25) is 0 Å². The van der Waals surface area contributed by atoms with Crippen molar-refractivity contribution in [1.82, 2.24) is 4.98 Å². The Bertz CT molecular complexity index is 1130. The van der Waals surface area contributed by atoms with Crippen LogP contribution in [0.2, 0.25) is 0 Å². The molecule has 0 aliphatic heterocycles. The summed E-state index contributed by atoms with van der Waals surface area (Å²) in [5.41, 5.74) is 4.80. The maximum absolute atomic E-state index is 11.4. The summed E-state index contributed by atoms with van der Waals surface area (Å²) < 4.78 is 15.2. The van der Waals surface area contributed by atoms with Crippen LogP contribution in [0.3, 0.4) is 0 Å². The lowest BCUT2D eigenvalue weighted by Gasteiger charge is -2.06.